The van der Waals surface area contributed by atoms with Crippen LogP contribution in [0.15, 0.2) is 36.4 Å². The van der Waals surface area contributed by atoms with Gasteiger partial charge in [0.2, 0.25) is 0 Å². The Morgan fingerprint density at radius 1 is 1.00 bits per heavy atom. The molecule has 0 amide bonds. The number of nitrogens with two attached hydrogens (primary N) is 1. The molecule has 0 bridgehead atoms. The van der Waals surface area contributed by atoms with Gasteiger partial charge in [0.1, 0.15) is 0 Å². The Balaban J connectivity index is 2.00. The number of rotatable bonds is 2. The van der Waals surface area contributed by atoms with Crippen molar-refractivity contribution in [3.8, 4) is 11.1 Å². The predicted molar refractivity (Wildman–Crippen MR) is 81.5 cm³/mol. The monoisotopic (exact) mass is 271 g/mol. The van der Waals surface area contributed by atoms with Crippen LogP contribution in [0.3, 0.4) is 0 Å². The average Bonchev–Trinajstić information content (AvgIpc) is 2.85. The molecule has 0 spiro atoms. The fourth-order valence-electron chi connectivity index (χ4n) is 2.83. The SMILES string of the molecule is CC(N)c1ccc(-c2ccc3c(c2)CCC3)cc1Cl. The molecular formula is C17H18ClN. The first-order valence-electron chi connectivity index (χ1n) is 6.82. The fraction of sp³-hybridized carbons (Fsp3) is 0.294. The maximum absolute atomic E-state index is 6.31. The fourth-order valence-corrected chi connectivity index (χ4v) is 3.18. The van der Waals surface area contributed by atoms with E-state index in [1.165, 1.54) is 41.5 Å². The van der Waals surface area contributed by atoms with E-state index in [4.69, 9.17) is 17.3 Å². The van der Waals surface area contributed by atoms with Gasteiger partial charge >= 0.3 is 0 Å². The highest BCUT2D eigenvalue weighted by Crippen LogP contribution is 2.31. The average molecular weight is 272 g/mol. The minimum Gasteiger partial charge on any atom is -0.324 e. The second kappa shape index (κ2) is 4.99. The molecule has 2 aromatic rings. The van der Waals surface area contributed by atoms with Crippen LogP contribution >= 0.6 is 11.6 Å². The van der Waals surface area contributed by atoms with Gasteiger partial charge in [-0.2, -0.15) is 0 Å². The largest absolute Gasteiger partial charge is 0.324 e. The van der Waals surface area contributed by atoms with Crippen LogP contribution in [-0.4, -0.2) is 0 Å². The molecule has 0 aliphatic heterocycles. The topological polar surface area (TPSA) is 26.0 Å². The lowest BCUT2D eigenvalue weighted by Crippen LogP contribution is -2.05. The summed E-state index contributed by atoms with van der Waals surface area (Å²) in [5.74, 6) is 0. The summed E-state index contributed by atoms with van der Waals surface area (Å²) < 4.78 is 0. The third-order valence-electron chi connectivity index (χ3n) is 3.92. The lowest BCUT2D eigenvalue weighted by molar-refractivity contribution is 0.819. The maximum Gasteiger partial charge on any atom is 0.0459 e. The second-order valence-electron chi connectivity index (χ2n) is 5.36. The molecule has 1 atom stereocenters. The smallest absolute Gasteiger partial charge is 0.0459 e. The van der Waals surface area contributed by atoms with Crippen molar-refractivity contribution in [1.82, 2.24) is 0 Å². The van der Waals surface area contributed by atoms with Crippen LogP contribution in [0.4, 0.5) is 0 Å². The molecular weight excluding hydrogens is 254 g/mol. The van der Waals surface area contributed by atoms with Crippen molar-refractivity contribution < 1.29 is 0 Å². The molecule has 1 aliphatic carbocycles. The molecule has 1 unspecified atom stereocenters. The number of halogens is 1. The maximum atomic E-state index is 6.31. The summed E-state index contributed by atoms with van der Waals surface area (Å²) in [6.07, 6.45) is 3.71. The van der Waals surface area contributed by atoms with Crippen LogP contribution in [0.5, 0.6) is 0 Å². The third-order valence-corrected chi connectivity index (χ3v) is 4.25. The molecule has 3 rings (SSSR count). The van der Waals surface area contributed by atoms with Gasteiger partial charge in [-0.05, 0) is 60.1 Å². The lowest BCUT2D eigenvalue weighted by atomic mass is 9.98. The molecule has 2 aromatic carbocycles. The number of hydrogen-bond donors (Lipinski definition) is 1. The molecule has 0 saturated heterocycles. The minimum absolute atomic E-state index is 0.0263. The van der Waals surface area contributed by atoms with E-state index in [0.29, 0.717) is 0 Å². The molecule has 0 saturated carbocycles. The molecule has 98 valence electrons. The Morgan fingerprint density at radius 2 is 1.68 bits per heavy atom. The molecule has 0 fully saturated rings. The van der Waals surface area contributed by atoms with Crippen molar-refractivity contribution in [1.29, 1.82) is 0 Å². The summed E-state index contributed by atoms with van der Waals surface area (Å²) in [7, 11) is 0. The van der Waals surface area contributed by atoms with E-state index in [2.05, 4.69) is 24.3 Å². The van der Waals surface area contributed by atoms with Gasteiger partial charge in [-0.3, -0.25) is 0 Å². The van der Waals surface area contributed by atoms with Crippen LogP contribution in [0, 0.1) is 0 Å². The zero-order valence-electron chi connectivity index (χ0n) is 11.1. The third kappa shape index (κ3) is 2.41. The number of benzene rings is 2. The zero-order valence-corrected chi connectivity index (χ0v) is 11.9. The van der Waals surface area contributed by atoms with E-state index in [9.17, 15) is 0 Å². The first kappa shape index (κ1) is 12.7. The Morgan fingerprint density at radius 3 is 2.42 bits per heavy atom. The van der Waals surface area contributed by atoms with Gasteiger partial charge in [0, 0.05) is 11.1 Å². The molecule has 1 aliphatic rings. The van der Waals surface area contributed by atoms with E-state index >= 15 is 0 Å². The summed E-state index contributed by atoms with van der Waals surface area (Å²) in [6.45, 7) is 1.95. The van der Waals surface area contributed by atoms with Gasteiger partial charge in [-0.15, -0.1) is 0 Å². The summed E-state index contributed by atoms with van der Waals surface area (Å²) in [5, 5.41) is 0.757. The number of aryl methyl sites for hydroxylation is 2. The normalized spacial score (nSPS) is 15.3. The van der Waals surface area contributed by atoms with Gasteiger partial charge < -0.3 is 5.73 Å². The predicted octanol–water partition coefficient (Wildman–Crippen LogP) is 4.52. The molecule has 1 nitrogen and oxygen atoms in total. The second-order valence-corrected chi connectivity index (χ2v) is 5.77. The van der Waals surface area contributed by atoms with Crippen LogP contribution in [0.1, 0.15) is 36.1 Å². The Hall–Kier alpha value is -1.31. The number of hydrogen-bond acceptors (Lipinski definition) is 1. The minimum atomic E-state index is -0.0263. The van der Waals surface area contributed by atoms with E-state index in [1.807, 2.05) is 19.1 Å². The van der Waals surface area contributed by atoms with Gasteiger partial charge in [0.05, 0.1) is 0 Å². The molecule has 2 N–H and O–H groups in total. The van der Waals surface area contributed by atoms with E-state index < -0.39 is 0 Å². The van der Waals surface area contributed by atoms with Gasteiger partial charge in [0.25, 0.3) is 0 Å². The summed E-state index contributed by atoms with van der Waals surface area (Å²) in [5.41, 5.74) is 12.3. The molecule has 19 heavy (non-hydrogen) atoms. The van der Waals surface area contributed by atoms with Crippen molar-refractivity contribution in [2.75, 3.05) is 0 Å². The molecule has 2 heteroatoms. The first-order chi connectivity index (χ1) is 9.15. The zero-order chi connectivity index (χ0) is 13.4. The number of fused-ring (bicyclic) bond motifs is 1. The van der Waals surface area contributed by atoms with Gasteiger partial charge in [-0.25, -0.2) is 0 Å². The molecule has 0 radical (unpaired) electrons. The van der Waals surface area contributed by atoms with Crippen molar-refractivity contribution in [2.24, 2.45) is 5.73 Å². The van der Waals surface area contributed by atoms with E-state index in [-0.39, 0.29) is 6.04 Å². The van der Waals surface area contributed by atoms with E-state index in [0.717, 1.165) is 10.6 Å². The summed E-state index contributed by atoms with van der Waals surface area (Å²) >= 11 is 6.31. The van der Waals surface area contributed by atoms with Gasteiger partial charge in [-0.1, -0.05) is 41.9 Å². The van der Waals surface area contributed by atoms with Crippen molar-refractivity contribution in [3.05, 3.63) is 58.1 Å². The van der Waals surface area contributed by atoms with Crippen molar-refractivity contribution >= 4 is 11.6 Å². The Kier molecular flexibility index (Phi) is 3.34. The van der Waals surface area contributed by atoms with Crippen LogP contribution < -0.4 is 5.73 Å². The lowest BCUT2D eigenvalue weighted by Gasteiger charge is -2.11. The molecule has 0 heterocycles. The summed E-state index contributed by atoms with van der Waals surface area (Å²) in [4.78, 5) is 0. The highest BCUT2D eigenvalue weighted by Gasteiger charge is 2.12. The van der Waals surface area contributed by atoms with Crippen molar-refractivity contribution in [3.63, 3.8) is 0 Å². The summed E-state index contributed by atoms with van der Waals surface area (Å²) in [6, 6.07) is 12.9. The Labute approximate surface area is 119 Å². The van der Waals surface area contributed by atoms with Crippen LogP contribution in [-0.2, 0) is 12.8 Å². The quantitative estimate of drug-likeness (QED) is 0.854. The Bertz CT molecular complexity index is 617. The highest BCUT2D eigenvalue weighted by molar-refractivity contribution is 6.31. The molecule has 0 aromatic heterocycles. The van der Waals surface area contributed by atoms with Gasteiger partial charge in [0.15, 0.2) is 0 Å². The van der Waals surface area contributed by atoms with Crippen LogP contribution in [0.25, 0.3) is 11.1 Å². The highest BCUT2D eigenvalue weighted by atomic mass is 35.5. The van der Waals surface area contributed by atoms with Crippen LogP contribution in [0.2, 0.25) is 5.02 Å². The first-order valence-corrected chi connectivity index (χ1v) is 7.20. The standard InChI is InChI=1S/C17H18ClN/c1-11(19)16-8-7-15(10-17(16)18)14-6-5-12-3-2-4-13(12)9-14/h5-11H,2-4,19H2,1H3. The van der Waals surface area contributed by atoms with E-state index in [1.54, 1.807) is 0 Å². The van der Waals surface area contributed by atoms with Crippen molar-refractivity contribution in [2.45, 2.75) is 32.2 Å².